The average molecular weight is 408 g/mol. The topological polar surface area (TPSA) is 67.4 Å². The Kier molecular flexibility index (Phi) is 6.57. The van der Waals surface area contributed by atoms with Crippen LogP contribution in [0.25, 0.3) is 0 Å². The maximum absolute atomic E-state index is 11.8. The summed E-state index contributed by atoms with van der Waals surface area (Å²) < 4.78 is 5.22. The van der Waals surface area contributed by atoms with Crippen LogP contribution in [0, 0.1) is 0 Å². The van der Waals surface area contributed by atoms with Crippen molar-refractivity contribution in [2.45, 2.75) is 0 Å². The number of amides is 3. The Morgan fingerprint density at radius 1 is 0.917 bits per heavy atom. The molecular formula is C15H10Cl4N2O3. The molecule has 0 bridgehead atoms. The summed E-state index contributed by atoms with van der Waals surface area (Å²) in [5.74, 6) is -0.328. The fraction of sp³-hybridized carbons (Fsp3) is 0.0667. The molecule has 0 aliphatic rings. The SMILES string of the molecule is O=C(COc1ccccc1Cl)NC(=O)Nc1cc(Cl)c(Cl)cc1Cl. The fourth-order valence-corrected chi connectivity index (χ4v) is 2.42. The molecule has 0 unspecified atom stereocenters. The maximum Gasteiger partial charge on any atom is 0.326 e. The number of hydrogen-bond acceptors (Lipinski definition) is 3. The number of anilines is 1. The Labute approximate surface area is 157 Å². The fourth-order valence-electron chi connectivity index (χ4n) is 1.64. The molecule has 2 aromatic carbocycles. The predicted octanol–water partition coefficient (Wildman–Crippen LogP) is 5.03. The van der Waals surface area contributed by atoms with Crippen molar-refractivity contribution in [2.75, 3.05) is 11.9 Å². The van der Waals surface area contributed by atoms with Gasteiger partial charge in [-0.05, 0) is 24.3 Å². The van der Waals surface area contributed by atoms with Gasteiger partial charge in [-0.2, -0.15) is 0 Å². The van der Waals surface area contributed by atoms with Gasteiger partial charge in [0.05, 0.1) is 25.8 Å². The molecule has 0 aromatic heterocycles. The smallest absolute Gasteiger partial charge is 0.326 e. The summed E-state index contributed by atoms with van der Waals surface area (Å²) in [6.45, 7) is -0.383. The number of hydrogen-bond donors (Lipinski definition) is 2. The van der Waals surface area contributed by atoms with Crippen molar-refractivity contribution in [1.29, 1.82) is 0 Å². The molecule has 0 spiro atoms. The lowest BCUT2D eigenvalue weighted by atomic mass is 10.3. The molecule has 0 saturated heterocycles. The van der Waals surface area contributed by atoms with Crippen molar-refractivity contribution < 1.29 is 14.3 Å². The van der Waals surface area contributed by atoms with Crippen molar-refractivity contribution in [1.82, 2.24) is 5.32 Å². The average Bonchev–Trinajstić information content (AvgIpc) is 2.51. The van der Waals surface area contributed by atoms with Crippen LogP contribution in [0.3, 0.4) is 0 Å². The van der Waals surface area contributed by atoms with Gasteiger partial charge >= 0.3 is 6.03 Å². The highest BCUT2D eigenvalue weighted by molar-refractivity contribution is 6.44. The van der Waals surface area contributed by atoms with Gasteiger partial charge in [-0.25, -0.2) is 4.79 Å². The first-order chi connectivity index (χ1) is 11.4. The number of nitrogens with one attached hydrogen (secondary N) is 2. The highest BCUT2D eigenvalue weighted by Gasteiger charge is 2.13. The van der Waals surface area contributed by atoms with E-state index in [4.69, 9.17) is 51.1 Å². The second kappa shape index (κ2) is 8.44. The molecule has 0 radical (unpaired) electrons. The normalized spacial score (nSPS) is 10.2. The number of urea groups is 1. The lowest BCUT2D eigenvalue weighted by Gasteiger charge is -2.10. The molecule has 0 saturated carbocycles. The van der Waals surface area contributed by atoms with Crippen molar-refractivity contribution in [3.8, 4) is 5.75 Å². The van der Waals surface area contributed by atoms with Crippen LogP contribution in [0.4, 0.5) is 10.5 Å². The van der Waals surface area contributed by atoms with Crippen molar-refractivity contribution in [2.24, 2.45) is 0 Å². The lowest BCUT2D eigenvalue weighted by Crippen LogP contribution is -2.37. The molecule has 9 heteroatoms. The highest BCUT2D eigenvalue weighted by Crippen LogP contribution is 2.32. The zero-order chi connectivity index (χ0) is 17.7. The van der Waals surface area contributed by atoms with E-state index in [9.17, 15) is 9.59 Å². The predicted molar refractivity (Wildman–Crippen MR) is 95.6 cm³/mol. The van der Waals surface area contributed by atoms with Gasteiger partial charge in [-0.3, -0.25) is 10.1 Å². The largest absolute Gasteiger partial charge is 0.482 e. The Balaban J connectivity index is 1.89. The van der Waals surface area contributed by atoms with E-state index in [1.54, 1.807) is 24.3 Å². The van der Waals surface area contributed by atoms with E-state index in [1.807, 2.05) is 0 Å². The molecule has 0 atom stereocenters. The number of benzene rings is 2. The van der Waals surface area contributed by atoms with Gasteiger partial charge in [0.25, 0.3) is 5.91 Å². The van der Waals surface area contributed by atoms with Gasteiger partial charge in [0.1, 0.15) is 5.75 Å². The molecule has 24 heavy (non-hydrogen) atoms. The Hall–Kier alpha value is -1.66. The van der Waals surface area contributed by atoms with E-state index >= 15 is 0 Å². The van der Waals surface area contributed by atoms with Gasteiger partial charge in [0.15, 0.2) is 6.61 Å². The molecule has 5 nitrogen and oxygen atoms in total. The van der Waals surface area contributed by atoms with Crippen molar-refractivity contribution >= 4 is 64.0 Å². The van der Waals surface area contributed by atoms with E-state index in [0.717, 1.165) is 0 Å². The molecule has 2 N–H and O–H groups in total. The molecule has 3 amide bonds. The molecular weight excluding hydrogens is 398 g/mol. The van der Waals surface area contributed by atoms with Gasteiger partial charge in [-0.15, -0.1) is 0 Å². The van der Waals surface area contributed by atoms with Gasteiger partial charge < -0.3 is 10.1 Å². The summed E-state index contributed by atoms with van der Waals surface area (Å²) in [5, 5.41) is 5.48. The van der Waals surface area contributed by atoms with E-state index < -0.39 is 11.9 Å². The minimum atomic E-state index is -0.789. The summed E-state index contributed by atoms with van der Waals surface area (Å²) in [6, 6.07) is 8.61. The summed E-state index contributed by atoms with van der Waals surface area (Å²) >= 11 is 23.5. The molecule has 0 aliphatic carbocycles. The second-order valence-electron chi connectivity index (χ2n) is 4.47. The number of carbonyl (C=O) groups is 2. The van der Waals surface area contributed by atoms with Crippen molar-refractivity contribution in [3.63, 3.8) is 0 Å². The zero-order valence-corrected chi connectivity index (χ0v) is 14.9. The van der Waals surface area contributed by atoms with Gasteiger partial charge in [0, 0.05) is 0 Å². The first-order valence-electron chi connectivity index (χ1n) is 6.49. The first-order valence-corrected chi connectivity index (χ1v) is 8.00. The van der Waals surface area contributed by atoms with E-state index in [0.29, 0.717) is 10.8 Å². The Bertz CT molecular complexity index is 783. The van der Waals surface area contributed by atoms with Crippen LogP contribution in [0.1, 0.15) is 0 Å². The quantitative estimate of drug-likeness (QED) is 0.698. The first kappa shape index (κ1) is 18.7. The van der Waals surface area contributed by atoms with E-state index in [-0.39, 0.29) is 27.4 Å². The van der Waals surface area contributed by atoms with Gasteiger partial charge in [0.2, 0.25) is 0 Å². The van der Waals surface area contributed by atoms with Crippen LogP contribution in [0.2, 0.25) is 20.1 Å². The van der Waals surface area contributed by atoms with Crippen LogP contribution in [-0.2, 0) is 4.79 Å². The van der Waals surface area contributed by atoms with Crippen LogP contribution >= 0.6 is 46.4 Å². The van der Waals surface area contributed by atoms with Crippen LogP contribution < -0.4 is 15.4 Å². The van der Waals surface area contributed by atoms with E-state index in [1.165, 1.54) is 12.1 Å². The van der Waals surface area contributed by atoms with Gasteiger partial charge in [-0.1, -0.05) is 58.5 Å². The molecule has 0 aliphatic heterocycles. The Morgan fingerprint density at radius 2 is 1.58 bits per heavy atom. The third-order valence-corrected chi connectivity index (χ3v) is 4.05. The molecule has 0 heterocycles. The molecule has 0 fully saturated rings. The summed E-state index contributed by atoms with van der Waals surface area (Å²) in [5.41, 5.74) is 0.211. The molecule has 126 valence electrons. The van der Waals surface area contributed by atoms with E-state index in [2.05, 4.69) is 10.6 Å². The number of halogens is 4. The highest BCUT2D eigenvalue weighted by atomic mass is 35.5. The zero-order valence-electron chi connectivity index (χ0n) is 11.9. The lowest BCUT2D eigenvalue weighted by molar-refractivity contribution is -0.121. The molecule has 2 rings (SSSR count). The Morgan fingerprint density at radius 3 is 2.29 bits per heavy atom. The van der Waals surface area contributed by atoms with Crippen LogP contribution in [0.5, 0.6) is 5.75 Å². The number of para-hydroxylation sites is 1. The van der Waals surface area contributed by atoms with Crippen molar-refractivity contribution in [3.05, 3.63) is 56.5 Å². The number of rotatable bonds is 4. The monoisotopic (exact) mass is 406 g/mol. The van der Waals surface area contributed by atoms with Crippen LogP contribution in [0.15, 0.2) is 36.4 Å². The molecule has 2 aromatic rings. The number of imide groups is 1. The third kappa shape index (κ3) is 5.18. The van der Waals surface area contributed by atoms with Crippen LogP contribution in [-0.4, -0.2) is 18.5 Å². The summed E-state index contributed by atoms with van der Waals surface area (Å²) in [7, 11) is 0. The second-order valence-corrected chi connectivity index (χ2v) is 6.10. The third-order valence-electron chi connectivity index (χ3n) is 2.71. The standard InChI is InChI=1S/C15H10Cl4N2O3/c16-8-3-1-2-4-13(8)24-7-14(22)21-15(23)20-12-6-10(18)9(17)5-11(12)19/h1-6H,7H2,(H2,20,21,22,23). The minimum absolute atomic E-state index is 0.180. The number of ether oxygens (including phenoxy) is 1. The summed E-state index contributed by atoms with van der Waals surface area (Å²) in [4.78, 5) is 23.5. The maximum atomic E-state index is 11.8. The number of carbonyl (C=O) groups excluding carboxylic acids is 2. The minimum Gasteiger partial charge on any atom is -0.482 e. The summed E-state index contributed by atoms with van der Waals surface area (Å²) in [6.07, 6.45) is 0.